The van der Waals surface area contributed by atoms with Gasteiger partial charge in [0.2, 0.25) is 5.91 Å². The fraction of sp³-hybridized carbons (Fsp3) is 0.250. The SMILES string of the molecule is COC(=O)c1cc(OC)c(OC)cc1NC(=O)c1ccc2c(c1)NC(=O)[C@H](C)S2. The van der Waals surface area contributed by atoms with Crippen molar-refractivity contribution in [2.75, 3.05) is 32.0 Å². The highest BCUT2D eigenvalue weighted by atomic mass is 32.2. The summed E-state index contributed by atoms with van der Waals surface area (Å²) in [6.45, 7) is 1.81. The van der Waals surface area contributed by atoms with Crippen LogP contribution in [0.15, 0.2) is 35.2 Å². The maximum absolute atomic E-state index is 12.8. The summed E-state index contributed by atoms with van der Waals surface area (Å²) in [4.78, 5) is 37.8. The fourth-order valence-electron chi connectivity index (χ4n) is 2.81. The van der Waals surface area contributed by atoms with Gasteiger partial charge in [-0.05, 0) is 25.1 Å². The van der Waals surface area contributed by atoms with Gasteiger partial charge in [0.1, 0.15) is 0 Å². The van der Waals surface area contributed by atoms with Gasteiger partial charge in [-0.1, -0.05) is 0 Å². The molecule has 0 unspecified atom stereocenters. The monoisotopic (exact) mass is 416 g/mol. The zero-order valence-electron chi connectivity index (χ0n) is 16.3. The zero-order valence-corrected chi connectivity index (χ0v) is 17.1. The van der Waals surface area contributed by atoms with Crippen molar-refractivity contribution < 1.29 is 28.6 Å². The number of carbonyl (C=O) groups excluding carboxylic acids is 3. The lowest BCUT2D eigenvalue weighted by atomic mass is 10.1. The van der Waals surface area contributed by atoms with Crippen molar-refractivity contribution in [3.05, 3.63) is 41.5 Å². The predicted octanol–water partition coefficient (Wildman–Crippen LogP) is 3.18. The van der Waals surface area contributed by atoms with Gasteiger partial charge in [-0.3, -0.25) is 9.59 Å². The van der Waals surface area contributed by atoms with E-state index in [1.807, 2.05) is 6.92 Å². The minimum absolute atomic E-state index is 0.118. The molecule has 0 saturated carbocycles. The third-order valence-corrected chi connectivity index (χ3v) is 5.53. The van der Waals surface area contributed by atoms with Crippen LogP contribution >= 0.6 is 11.8 Å². The second-order valence-corrected chi connectivity index (χ2v) is 7.54. The Balaban J connectivity index is 1.93. The minimum atomic E-state index is -0.635. The van der Waals surface area contributed by atoms with Gasteiger partial charge in [-0.15, -0.1) is 11.8 Å². The van der Waals surface area contributed by atoms with Gasteiger partial charge >= 0.3 is 5.97 Å². The van der Waals surface area contributed by atoms with E-state index in [0.717, 1.165) is 4.90 Å². The van der Waals surface area contributed by atoms with E-state index in [4.69, 9.17) is 14.2 Å². The van der Waals surface area contributed by atoms with Gasteiger partial charge in [0.15, 0.2) is 11.5 Å². The van der Waals surface area contributed by atoms with Crippen molar-refractivity contribution in [2.45, 2.75) is 17.1 Å². The average molecular weight is 416 g/mol. The number of rotatable bonds is 5. The first-order valence-electron chi connectivity index (χ1n) is 8.65. The Bertz CT molecular complexity index is 991. The molecule has 0 aromatic heterocycles. The quantitative estimate of drug-likeness (QED) is 0.722. The first-order valence-corrected chi connectivity index (χ1v) is 9.53. The third kappa shape index (κ3) is 4.14. The number of anilines is 2. The summed E-state index contributed by atoms with van der Waals surface area (Å²) in [6.07, 6.45) is 0. The molecular weight excluding hydrogens is 396 g/mol. The summed E-state index contributed by atoms with van der Waals surface area (Å²) in [5, 5.41) is 5.29. The summed E-state index contributed by atoms with van der Waals surface area (Å²) in [5.41, 5.74) is 1.23. The lowest BCUT2D eigenvalue weighted by Crippen LogP contribution is -2.26. The van der Waals surface area contributed by atoms with Crippen LogP contribution in [0, 0.1) is 0 Å². The average Bonchev–Trinajstić information content (AvgIpc) is 2.73. The zero-order chi connectivity index (χ0) is 21.1. The highest BCUT2D eigenvalue weighted by Gasteiger charge is 2.24. The highest BCUT2D eigenvalue weighted by Crippen LogP contribution is 2.37. The lowest BCUT2D eigenvalue weighted by molar-refractivity contribution is -0.115. The number of fused-ring (bicyclic) bond motifs is 1. The molecule has 1 aliphatic heterocycles. The molecule has 8 nitrogen and oxygen atoms in total. The van der Waals surface area contributed by atoms with Crippen molar-refractivity contribution in [1.82, 2.24) is 0 Å². The molecule has 2 aromatic carbocycles. The summed E-state index contributed by atoms with van der Waals surface area (Å²) < 4.78 is 15.3. The third-order valence-electron chi connectivity index (χ3n) is 4.35. The first kappa shape index (κ1) is 20.5. The molecule has 0 bridgehead atoms. The smallest absolute Gasteiger partial charge is 0.340 e. The second kappa shape index (κ2) is 8.44. The fourth-order valence-corrected chi connectivity index (χ4v) is 3.74. The van der Waals surface area contributed by atoms with E-state index in [0.29, 0.717) is 22.7 Å². The molecule has 3 rings (SSSR count). The number of benzene rings is 2. The molecule has 0 radical (unpaired) electrons. The van der Waals surface area contributed by atoms with Crippen LogP contribution in [-0.2, 0) is 9.53 Å². The molecular formula is C20H20N2O6S. The number of hydrogen-bond acceptors (Lipinski definition) is 7. The molecule has 29 heavy (non-hydrogen) atoms. The number of thioether (sulfide) groups is 1. The Morgan fingerprint density at radius 2 is 1.76 bits per heavy atom. The van der Waals surface area contributed by atoms with Crippen molar-refractivity contribution in [3.63, 3.8) is 0 Å². The van der Waals surface area contributed by atoms with Crippen LogP contribution < -0.4 is 20.1 Å². The normalized spacial score (nSPS) is 15.0. The van der Waals surface area contributed by atoms with Crippen molar-refractivity contribution in [1.29, 1.82) is 0 Å². The van der Waals surface area contributed by atoms with Gasteiger partial charge in [-0.2, -0.15) is 0 Å². The molecule has 9 heteroatoms. The van der Waals surface area contributed by atoms with E-state index < -0.39 is 11.9 Å². The summed E-state index contributed by atoms with van der Waals surface area (Å²) in [5.74, 6) is -0.535. The number of carbonyl (C=O) groups is 3. The van der Waals surface area contributed by atoms with Crippen LogP contribution in [0.1, 0.15) is 27.6 Å². The molecule has 1 atom stereocenters. The highest BCUT2D eigenvalue weighted by molar-refractivity contribution is 8.00. The van der Waals surface area contributed by atoms with Crippen LogP contribution in [0.2, 0.25) is 0 Å². The number of amides is 2. The molecule has 1 aliphatic rings. The number of ether oxygens (including phenoxy) is 3. The Morgan fingerprint density at radius 3 is 2.41 bits per heavy atom. The van der Waals surface area contributed by atoms with E-state index in [1.165, 1.54) is 45.2 Å². The van der Waals surface area contributed by atoms with Crippen molar-refractivity contribution >= 4 is 40.9 Å². The molecule has 2 amide bonds. The predicted molar refractivity (Wildman–Crippen MR) is 109 cm³/mol. The molecule has 1 heterocycles. The molecule has 0 saturated heterocycles. The van der Waals surface area contributed by atoms with Gasteiger partial charge < -0.3 is 24.8 Å². The Morgan fingerprint density at radius 1 is 1.07 bits per heavy atom. The second-order valence-electron chi connectivity index (χ2n) is 6.16. The number of nitrogens with one attached hydrogen (secondary N) is 2. The van der Waals surface area contributed by atoms with E-state index in [9.17, 15) is 14.4 Å². The van der Waals surface area contributed by atoms with Crippen LogP contribution in [0.5, 0.6) is 11.5 Å². The van der Waals surface area contributed by atoms with E-state index >= 15 is 0 Å². The van der Waals surface area contributed by atoms with Crippen LogP contribution in [0.3, 0.4) is 0 Å². The Labute approximate surface area is 171 Å². The van der Waals surface area contributed by atoms with E-state index in [1.54, 1.807) is 18.2 Å². The number of esters is 1. The topological polar surface area (TPSA) is 103 Å². The standard InChI is InChI=1S/C20H20N2O6S/c1-10-18(23)22-14-7-11(5-6-17(14)29-10)19(24)21-13-9-16(27-3)15(26-2)8-12(13)20(25)28-4/h5-10H,1-4H3,(H,21,24)(H,22,23)/t10-/m0/s1. The Kier molecular flexibility index (Phi) is 5.97. The maximum Gasteiger partial charge on any atom is 0.340 e. The summed E-state index contributed by atoms with van der Waals surface area (Å²) >= 11 is 1.43. The van der Waals surface area contributed by atoms with Gasteiger partial charge in [-0.25, -0.2) is 4.79 Å². The Hall–Kier alpha value is -3.20. The van der Waals surface area contributed by atoms with Gasteiger partial charge in [0, 0.05) is 22.6 Å². The first-order chi connectivity index (χ1) is 13.9. The molecule has 0 spiro atoms. The lowest BCUT2D eigenvalue weighted by Gasteiger charge is -2.21. The summed E-state index contributed by atoms with van der Waals surface area (Å²) in [7, 11) is 4.14. The molecule has 0 aliphatic carbocycles. The number of methoxy groups -OCH3 is 3. The largest absolute Gasteiger partial charge is 0.493 e. The number of hydrogen-bond donors (Lipinski definition) is 2. The van der Waals surface area contributed by atoms with Crippen LogP contribution in [0.25, 0.3) is 0 Å². The van der Waals surface area contributed by atoms with Gasteiger partial charge in [0.05, 0.1) is 43.5 Å². The van der Waals surface area contributed by atoms with E-state index in [-0.39, 0.29) is 22.4 Å². The molecule has 152 valence electrons. The van der Waals surface area contributed by atoms with Crippen LogP contribution in [0.4, 0.5) is 11.4 Å². The molecule has 2 aromatic rings. The summed E-state index contributed by atoms with van der Waals surface area (Å²) in [6, 6.07) is 7.96. The van der Waals surface area contributed by atoms with Crippen LogP contribution in [-0.4, -0.2) is 44.4 Å². The van der Waals surface area contributed by atoms with Gasteiger partial charge in [0.25, 0.3) is 5.91 Å². The van der Waals surface area contributed by atoms with E-state index in [2.05, 4.69) is 10.6 Å². The molecule has 2 N–H and O–H groups in total. The molecule has 0 fully saturated rings. The maximum atomic E-state index is 12.8. The minimum Gasteiger partial charge on any atom is -0.493 e. The van der Waals surface area contributed by atoms with Crippen molar-refractivity contribution in [3.8, 4) is 11.5 Å². The van der Waals surface area contributed by atoms with Crippen molar-refractivity contribution in [2.24, 2.45) is 0 Å².